The van der Waals surface area contributed by atoms with Gasteiger partial charge in [0.05, 0.1) is 0 Å². The zero-order valence-corrected chi connectivity index (χ0v) is 12.6. The van der Waals surface area contributed by atoms with Gasteiger partial charge in [0.2, 0.25) is 0 Å². The van der Waals surface area contributed by atoms with E-state index in [9.17, 15) is 9.59 Å². The zero-order chi connectivity index (χ0) is 15.1. The predicted octanol–water partition coefficient (Wildman–Crippen LogP) is 1.13. The zero-order valence-electron chi connectivity index (χ0n) is 12.6. The monoisotopic (exact) mass is 273 g/mol. The molecule has 0 aromatic rings. The fraction of sp³-hybridized carbons (Fsp3) is 0.846. The Morgan fingerprint density at radius 2 is 1.79 bits per heavy atom. The van der Waals surface area contributed by atoms with Crippen molar-refractivity contribution in [2.24, 2.45) is 5.41 Å². The summed E-state index contributed by atoms with van der Waals surface area (Å²) in [5, 5.41) is 14.3. The van der Waals surface area contributed by atoms with Gasteiger partial charge in [0, 0.05) is 6.54 Å². The summed E-state index contributed by atoms with van der Waals surface area (Å²) in [6.07, 6.45) is 1.87. The highest BCUT2D eigenvalue weighted by Gasteiger charge is 2.32. The lowest BCUT2D eigenvalue weighted by Crippen LogP contribution is -2.52. The molecule has 0 aliphatic heterocycles. The Morgan fingerprint density at radius 1 is 1.21 bits per heavy atom. The van der Waals surface area contributed by atoms with Crippen LogP contribution >= 0.6 is 0 Å². The van der Waals surface area contributed by atoms with Gasteiger partial charge in [0.15, 0.2) is 0 Å². The summed E-state index contributed by atoms with van der Waals surface area (Å²) in [5.41, 5.74) is -0.520. The summed E-state index contributed by atoms with van der Waals surface area (Å²) in [6, 6.07) is -1.32. The molecule has 0 aromatic carbocycles. The maximum Gasteiger partial charge on any atom is 0.326 e. The van der Waals surface area contributed by atoms with E-state index in [0.717, 1.165) is 19.4 Å². The van der Waals surface area contributed by atoms with E-state index in [2.05, 4.69) is 15.5 Å². The van der Waals surface area contributed by atoms with Gasteiger partial charge >= 0.3 is 12.0 Å². The van der Waals surface area contributed by atoms with Crippen LogP contribution in [0.25, 0.3) is 0 Å². The maximum atomic E-state index is 11.6. The molecule has 0 heterocycles. The number of aliphatic carboxylic acids is 1. The third-order valence-corrected chi connectivity index (χ3v) is 2.71. The van der Waals surface area contributed by atoms with Crippen LogP contribution in [-0.4, -0.2) is 55.2 Å². The van der Waals surface area contributed by atoms with E-state index >= 15 is 0 Å². The molecular formula is C13H27N3O3. The van der Waals surface area contributed by atoms with Gasteiger partial charge in [-0.2, -0.15) is 0 Å². The Hall–Kier alpha value is -1.30. The number of amides is 2. The van der Waals surface area contributed by atoms with Crippen LogP contribution in [0.15, 0.2) is 0 Å². The summed E-state index contributed by atoms with van der Waals surface area (Å²) >= 11 is 0. The standard InChI is InChI=1S/C13H27N3O3/c1-13(2,3)10(11(17)18)15-12(19)14-8-6-7-9-16(4)5/h10H,6-9H2,1-5H3,(H,17,18)(H2,14,15,19)/t10-/m0/s1. The van der Waals surface area contributed by atoms with Crippen molar-refractivity contribution in [1.29, 1.82) is 0 Å². The van der Waals surface area contributed by atoms with Crippen molar-refractivity contribution in [1.82, 2.24) is 15.5 Å². The maximum absolute atomic E-state index is 11.6. The van der Waals surface area contributed by atoms with E-state index < -0.39 is 23.5 Å². The van der Waals surface area contributed by atoms with E-state index in [1.165, 1.54) is 0 Å². The van der Waals surface area contributed by atoms with Crippen LogP contribution in [-0.2, 0) is 4.79 Å². The lowest BCUT2D eigenvalue weighted by atomic mass is 9.87. The van der Waals surface area contributed by atoms with Gasteiger partial charge in [0.25, 0.3) is 0 Å². The summed E-state index contributed by atoms with van der Waals surface area (Å²) < 4.78 is 0. The minimum absolute atomic E-state index is 0.424. The molecule has 0 aliphatic rings. The van der Waals surface area contributed by atoms with E-state index in [1.54, 1.807) is 20.8 Å². The number of rotatable bonds is 7. The van der Waals surface area contributed by atoms with Crippen LogP contribution < -0.4 is 10.6 Å². The number of nitrogens with one attached hydrogen (secondary N) is 2. The molecule has 0 bridgehead atoms. The molecule has 0 aliphatic carbocycles. The molecule has 3 N–H and O–H groups in total. The molecule has 0 spiro atoms. The van der Waals surface area contributed by atoms with Crippen molar-refractivity contribution in [3.8, 4) is 0 Å². The number of carbonyl (C=O) groups is 2. The van der Waals surface area contributed by atoms with Crippen LogP contribution in [0.5, 0.6) is 0 Å². The third-order valence-electron chi connectivity index (χ3n) is 2.71. The van der Waals surface area contributed by atoms with Gasteiger partial charge < -0.3 is 20.6 Å². The number of unbranched alkanes of at least 4 members (excludes halogenated alkanes) is 1. The fourth-order valence-electron chi connectivity index (χ4n) is 1.59. The molecule has 1 atom stereocenters. The highest BCUT2D eigenvalue weighted by molar-refractivity contribution is 5.83. The van der Waals surface area contributed by atoms with Crippen molar-refractivity contribution in [2.45, 2.75) is 39.7 Å². The Labute approximate surface area is 115 Å². The van der Waals surface area contributed by atoms with Gasteiger partial charge in [0.1, 0.15) is 6.04 Å². The van der Waals surface area contributed by atoms with Gasteiger partial charge in [-0.3, -0.25) is 0 Å². The number of urea groups is 1. The molecule has 2 amide bonds. The van der Waals surface area contributed by atoms with Crippen molar-refractivity contribution in [2.75, 3.05) is 27.2 Å². The third kappa shape index (κ3) is 8.42. The first-order chi connectivity index (χ1) is 8.64. The average molecular weight is 273 g/mol. The van der Waals surface area contributed by atoms with Crippen LogP contribution in [0.4, 0.5) is 4.79 Å². The van der Waals surface area contributed by atoms with Crippen LogP contribution in [0.2, 0.25) is 0 Å². The largest absolute Gasteiger partial charge is 0.480 e. The lowest BCUT2D eigenvalue weighted by Gasteiger charge is -2.27. The summed E-state index contributed by atoms with van der Waals surface area (Å²) in [6.45, 7) is 6.87. The Morgan fingerprint density at radius 3 is 2.21 bits per heavy atom. The SMILES string of the molecule is CN(C)CCCCNC(=O)N[C@@H](C(=O)O)C(C)(C)C. The smallest absolute Gasteiger partial charge is 0.326 e. The van der Waals surface area contributed by atoms with Crippen LogP contribution in [0.3, 0.4) is 0 Å². The number of hydrogen-bond donors (Lipinski definition) is 3. The second kappa shape index (κ2) is 7.99. The summed E-state index contributed by atoms with van der Waals surface area (Å²) in [4.78, 5) is 24.8. The first-order valence-corrected chi connectivity index (χ1v) is 6.56. The number of nitrogens with zero attached hydrogens (tertiary/aromatic N) is 1. The van der Waals surface area contributed by atoms with E-state index in [0.29, 0.717) is 6.54 Å². The van der Waals surface area contributed by atoms with Crippen LogP contribution in [0, 0.1) is 5.41 Å². The summed E-state index contributed by atoms with van der Waals surface area (Å²) in [5.74, 6) is -1.02. The number of carboxylic acids is 1. The lowest BCUT2D eigenvalue weighted by molar-refractivity contribution is -0.141. The first-order valence-electron chi connectivity index (χ1n) is 6.56. The van der Waals surface area contributed by atoms with Gasteiger partial charge in [-0.1, -0.05) is 20.8 Å². The molecule has 112 valence electrons. The average Bonchev–Trinajstić information content (AvgIpc) is 2.23. The molecule has 0 unspecified atom stereocenters. The number of carboxylic acid groups (broad SMARTS) is 1. The van der Waals surface area contributed by atoms with Crippen molar-refractivity contribution < 1.29 is 14.7 Å². The topological polar surface area (TPSA) is 81.7 Å². The molecule has 0 fully saturated rings. The quantitative estimate of drug-likeness (QED) is 0.607. The first kappa shape index (κ1) is 17.7. The minimum atomic E-state index is -1.02. The van der Waals surface area contributed by atoms with Crippen molar-refractivity contribution in [3.05, 3.63) is 0 Å². The summed E-state index contributed by atoms with van der Waals surface area (Å²) in [7, 11) is 4.00. The van der Waals surface area contributed by atoms with Gasteiger partial charge in [-0.05, 0) is 38.9 Å². The second-order valence-electron chi connectivity index (χ2n) is 6.05. The molecule has 6 nitrogen and oxygen atoms in total. The van der Waals surface area contributed by atoms with E-state index in [4.69, 9.17) is 5.11 Å². The van der Waals surface area contributed by atoms with E-state index in [-0.39, 0.29) is 0 Å². The molecule has 19 heavy (non-hydrogen) atoms. The predicted molar refractivity (Wildman–Crippen MR) is 75.2 cm³/mol. The highest BCUT2D eigenvalue weighted by Crippen LogP contribution is 2.19. The molecule has 0 radical (unpaired) electrons. The van der Waals surface area contributed by atoms with Gasteiger partial charge in [-0.15, -0.1) is 0 Å². The molecule has 6 heteroatoms. The van der Waals surface area contributed by atoms with Crippen molar-refractivity contribution in [3.63, 3.8) is 0 Å². The Bertz CT molecular complexity index is 298. The normalized spacial score (nSPS) is 13.2. The molecule has 0 saturated heterocycles. The van der Waals surface area contributed by atoms with Crippen LogP contribution in [0.1, 0.15) is 33.6 Å². The van der Waals surface area contributed by atoms with E-state index in [1.807, 2.05) is 14.1 Å². The molecule has 0 saturated carbocycles. The number of hydrogen-bond acceptors (Lipinski definition) is 3. The second-order valence-corrected chi connectivity index (χ2v) is 6.05. The fourth-order valence-corrected chi connectivity index (χ4v) is 1.59. The molecular weight excluding hydrogens is 246 g/mol. The highest BCUT2D eigenvalue weighted by atomic mass is 16.4. The molecule has 0 rings (SSSR count). The molecule has 0 aromatic heterocycles. The number of carbonyl (C=O) groups excluding carboxylic acids is 1. The van der Waals surface area contributed by atoms with Gasteiger partial charge in [-0.25, -0.2) is 9.59 Å². The Balaban J connectivity index is 3.99. The Kier molecular flexibility index (Phi) is 7.44. The minimum Gasteiger partial charge on any atom is -0.480 e. The van der Waals surface area contributed by atoms with Crippen molar-refractivity contribution >= 4 is 12.0 Å².